The number of pyridine rings is 1. The monoisotopic (exact) mass is 299 g/mol. The number of H-pyrrole nitrogens is 1. The Kier molecular flexibility index (Phi) is 4.91. The maximum absolute atomic E-state index is 5.50. The highest BCUT2D eigenvalue weighted by atomic mass is 16.5. The lowest BCUT2D eigenvalue weighted by Crippen LogP contribution is -3.13. The first kappa shape index (κ1) is 14.9. The maximum Gasteiger partial charge on any atom is 0.274 e. The zero-order chi connectivity index (χ0) is 15.2. The fourth-order valence-electron chi connectivity index (χ4n) is 2.98. The van der Waals surface area contributed by atoms with E-state index in [1.54, 1.807) is 4.90 Å². The van der Waals surface area contributed by atoms with E-state index in [1.165, 1.54) is 24.5 Å². The molecule has 0 saturated carbocycles. The van der Waals surface area contributed by atoms with Crippen molar-refractivity contribution in [1.82, 2.24) is 0 Å². The van der Waals surface area contributed by atoms with E-state index in [4.69, 9.17) is 4.74 Å². The number of nitrogens with zero attached hydrogens (tertiary/aromatic N) is 1. The predicted octanol–water partition coefficient (Wildman–Crippen LogP) is 0.805. The van der Waals surface area contributed by atoms with E-state index in [1.807, 2.05) is 19.2 Å². The van der Waals surface area contributed by atoms with Crippen LogP contribution in [0, 0.1) is 0 Å². The second-order valence-electron chi connectivity index (χ2n) is 5.74. The fourth-order valence-corrected chi connectivity index (χ4v) is 2.98. The van der Waals surface area contributed by atoms with Crippen molar-refractivity contribution in [2.45, 2.75) is 13.5 Å². The van der Waals surface area contributed by atoms with Crippen LogP contribution >= 0.6 is 0 Å². The summed E-state index contributed by atoms with van der Waals surface area (Å²) in [7, 11) is 0. The van der Waals surface area contributed by atoms with Crippen molar-refractivity contribution in [1.29, 1.82) is 0 Å². The number of hydrogen-bond donors (Lipinski definition) is 1. The molecule has 1 aromatic heterocycles. The molecule has 2 N–H and O–H groups in total. The summed E-state index contributed by atoms with van der Waals surface area (Å²) in [5.41, 5.74) is 1.39. The van der Waals surface area contributed by atoms with E-state index in [2.05, 4.69) is 46.3 Å². The topological polar surface area (TPSA) is 31.1 Å². The summed E-state index contributed by atoms with van der Waals surface area (Å²) in [5.74, 6) is 2.19. The zero-order valence-electron chi connectivity index (χ0n) is 13.2. The second kappa shape index (κ2) is 7.27. The Morgan fingerprint density at radius 2 is 1.86 bits per heavy atom. The molecule has 2 aromatic rings. The maximum atomic E-state index is 5.50. The number of rotatable bonds is 5. The molecule has 0 atom stereocenters. The molecule has 1 aliphatic rings. The van der Waals surface area contributed by atoms with Gasteiger partial charge in [-0.2, -0.15) is 0 Å². The van der Waals surface area contributed by atoms with Gasteiger partial charge in [0.25, 0.3) is 5.82 Å². The third kappa shape index (κ3) is 3.77. The Bertz CT molecular complexity index is 563. The summed E-state index contributed by atoms with van der Waals surface area (Å²) in [6.07, 6.45) is 1.99. The third-order valence-electron chi connectivity index (χ3n) is 4.19. The van der Waals surface area contributed by atoms with Crippen LogP contribution in [0.4, 0.5) is 5.82 Å². The average molecular weight is 299 g/mol. The predicted molar refractivity (Wildman–Crippen MR) is 87.2 cm³/mol. The van der Waals surface area contributed by atoms with Gasteiger partial charge in [-0.1, -0.05) is 6.07 Å². The van der Waals surface area contributed by atoms with Crippen LogP contribution in [-0.2, 0) is 6.54 Å². The molecule has 1 saturated heterocycles. The molecule has 1 aromatic carbocycles. The molecular weight excluding hydrogens is 274 g/mol. The van der Waals surface area contributed by atoms with E-state index in [0.717, 1.165) is 32.0 Å². The Morgan fingerprint density at radius 3 is 2.50 bits per heavy atom. The van der Waals surface area contributed by atoms with Crippen LogP contribution in [0.5, 0.6) is 5.75 Å². The van der Waals surface area contributed by atoms with Crippen molar-refractivity contribution in [2.75, 3.05) is 37.7 Å². The molecule has 0 amide bonds. The minimum Gasteiger partial charge on any atom is -0.494 e. The number of aromatic amines is 1. The van der Waals surface area contributed by atoms with Gasteiger partial charge < -0.3 is 9.64 Å². The molecule has 22 heavy (non-hydrogen) atoms. The minimum atomic E-state index is 0.725. The van der Waals surface area contributed by atoms with Crippen molar-refractivity contribution in [3.05, 3.63) is 54.2 Å². The van der Waals surface area contributed by atoms with Gasteiger partial charge in [0.1, 0.15) is 38.5 Å². The van der Waals surface area contributed by atoms with Crippen LogP contribution < -0.4 is 19.5 Å². The van der Waals surface area contributed by atoms with Crippen molar-refractivity contribution in [3.63, 3.8) is 0 Å². The zero-order valence-corrected chi connectivity index (χ0v) is 13.2. The van der Waals surface area contributed by atoms with E-state index >= 15 is 0 Å². The fraction of sp³-hybridized carbons (Fsp3) is 0.389. The first-order chi connectivity index (χ1) is 10.8. The third-order valence-corrected chi connectivity index (χ3v) is 4.19. The largest absolute Gasteiger partial charge is 0.494 e. The number of aromatic nitrogens is 1. The molecule has 1 aliphatic heterocycles. The molecule has 4 nitrogen and oxygen atoms in total. The second-order valence-corrected chi connectivity index (χ2v) is 5.74. The number of piperazine rings is 1. The van der Waals surface area contributed by atoms with Crippen molar-refractivity contribution < 1.29 is 14.6 Å². The molecular formula is C18H25N3O+2. The number of nitrogens with one attached hydrogen (secondary N) is 2. The van der Waals surface area contributed by atoms with Gasteiger partial charge in [-0.05, 0) is 37.3 Å². The molecule has 3 rings (SSSR count). The highest BCUT2D eigenvalue weighted by Gasteiger charge is 2.25. The molecule has 0 unspecified atom stereocenters. The van der Waals surface area contributed by atoms with E-state index < -0.39 is 0 Å². The molecule has 2 heterocycles. The van der Waals surface area contributed by atoms with Gasteiger partial charge in [0.15, 0.2) is 0 Å². The van der Waals surface area contributed by atoms with Crippen LogP contribution in [0.1, 0.15) is 12.5 Å². The molecule has 0 spiro atoms. The van der Waals surface area contributed by atoms with Gasteiger partial charge in [-0.15, -0.1) is 0 Å². The molecule has 116 valence electrons. The lowest BCUT2D eigenvalue weighted by Gasteiger charge is -2.28. The SMILES string of the molecule is CCOc1ccc(C[NH+]2CCN(c3cccc[nH+]3)CC2)cc1. The number of quaternary nitrogens is 1. The first-order valence-electron chi connectivity index (χ1n) is 8.12. The van der Waals surface area contributed by atoms with E-state index in [-0.39, 0.29) is 0 Å². The molecule has 0 aliphatic carbocycles. The Morgan fingerprint density at radius 1 is 1.09 bits per heavy atom. The Balaban J connectivity index is 1.51. The number of ether oxygens (including phenoxy) is 1. The smallest absolute Gasteiger partial charge is 0.274 e. The molecule has 4 heteroatoms. The standard InChI is InChI=1S/C18H23N3O/c1-2-22-17-8-6-16(7-9-17)15-20-11-13-21(14-12-20)18-5-3-4-10-19-18/h3-10H,2,11-15H2,1H3/p+2. The van der Waals surface area contributed by atoms with Crippen molar-refractivity contribution in [3.8, 4) is 5.75 Å². The van der Waals surface area contributed by atoms with Gasteiger partial charge >= 0.3 is 0 Å². The highest BCUT2D eigenvalue weighted by Crippen LogP contribution is 2.11. The van der Waals surface area contributed by atoms with Crippen LogP contribution in [0.15, 0.2) is 48.7 Å². The van der Waals surface area contributed by atoms with Gasteiger partial charge in [-0.3, -0.25) is 4.90 Å². The van der Waals surface area contributed by atoms with Gasteiger partial charge in [0.2, 0.25) is 0 Å². The summed E-state index contributed by atoms with van der Waals surface area (Å²) < 4.78 is 5.50. The number of benzene rings is 1. The van der Waals surface area contributed by atoms with Crippen LogP contribution in [-0.4, -0.2) is 32.8 Å². The molecule has 0 bridgehead atoms. The number of anilines is 1. The van der Waals surface area contributed by atoms with Crippen LogP contribution in [0.3, 0.4) is 0 Å². The van der Waals surface area contributed by atoms with Gasteiger partial charge in [0, 0.05) is 11.6 Å². The molecule has 1 fully saturated rings. The minimum absolute atomic E-state index is 0.725. The summed E-state index contributed by atoms with van der Waals surface area (Å²) >= 11 is 0. The summed E-state index contributed by atoms with van der Waals surface area (Å²) in [5, 5.41) is 0. The Labute approximate surface area is 132 Å². The van der Waals surface area contributed by atoms with Crippen LogP contribution in [0.25, 0.3) is 0 Å². The normalized spacial score (nSPS) is 15.8. The van der Waals surface area contributed by atoms with Crippen molar-refractivity contribution in [2.24, 2.45) is 0 Å². The number of hydrogen-bond acceptors (Lipinski definition) is 2. The summed E-state index contributed by atoms with van der Waals surface area (Å²) in [4.78, 5) is 7.41. The van der Waals surface area contributed by atoms with Crippen molar-refractivity contribution >= 4 is 5.82 Å². The van der Waals surface area contributed by atoms with Gasteiger partial charge in [-0.25, -0.2) is 4.98 Å². The van der Waals surface area contributed by atoms with Gasteiger partial charge in [0.05, 0.1) is 12.8 Å². The quantitative estimate of drug-likeness (QED) is 0.885. The summed E-state index contributed by atoms with van der Waals surface area (Å²) in [6.45, 7) is 8.40. The lowest BCUT2D eigenvalue weighted by molar-refractivity contribution is -0.914. The Hall–Kier alpha value is -2.07. The first-order valence-corrected chi connectivity index (χ1v) is 8.12. The summed E-state index contributed by atoms with van der Waals surface area (Å²) in [6, 6.07) is 14.8. The average Bonchev–Trinajstić information content (AvgIpc) is 2.58. The lowest BCUT2D eigenvalue weighted by atomic mass is 10.2. The molecule has 0 radical (unpaired) electrons. The van der Waals surface area contributed by atoms with E-state index in [9.17, 15) is 0 Å². The highest BCUT2D eigenvalue weighted by molar-refractivity contribution is 5.32. The van der Waals surface area contributed by atoms with E-state index in [0.29, 0.717) is 0 Å². The van der Waals surface area contributed by atoms with Crippen LogP contribution in [0.2, 0.25) is 0 Å².